The fourth-order valence-corrected chi connectivity index (χ4v) is 3.61. The van der Waals surface area contributed by atoms with Gasteiger partial charge in [-0.25, -0.2) is 0 Å². The summed E-state index contributed by atoms with van der Waals surface area (Å²) in [6, 6.07) is 8.55. The lowest BCUT2D eigenvalue weighted by Gasteiger charge is -2.13. The zero-order valence-electron chi connectivity index (χ0n) is 14.0. The van der Waals surface area contributed by atoms with E-state index in [0.717, 1.165) is 0 Å². The van der Waals surface area contributed by atoms with E-state index in [0.29, 0.717) is 11.1 Å². The van der Waals surface area contributed by atoms with E-state index in [9.17, 15) is 25.9 Å². The molecule has 0 radical (unpaired) electrons. The molecule has 0 aliphatic carbocycles. The van der Waals surface area contributed by atoms with Crippen molar-refractivity contribution in [2.24, 2.45) is 0 Å². The van der Waals surface area contributed by atoms with Crippen molar-refractivity contribution in [3.8, 4) is 11.5 Å². The molecule has 0 aliphatic rings. The van der Waals surface area contributed by atoms with Gasteiger partial charge < -0.3 is 9.47 Å². The molecule has 0 bridgehead atoms. The third-order valence-electron chi connectivity index (χ3n) is 3.35. The number of ether oxygens (including phenoxy) is 2. The molecule has 26 heavy (non-hydrogen) atoms. The van der Waals surface area contributed by atoms with Gasteiger partial charge in [-0.15, -0.1) is 0 Å². The molecule has 0 unspecified atom stereocenters. The predicted octanol–water partition coefficient (Wildman–Crippen LogP) is 2.25. The number of hydrogen-bond donors (Lipinski definition) is 2. The summed E-state index contributed by atoms with van der Waals surface area (Å²) in [4.78, 5) is -0.738. The van der Waals surface area contributed by atoms with Crippen LogP contribution >= 0.6 is 0 Å². The summed E-state index contributed by atoms with van der Waals surface area (Å²) in [5.41, 5.74) is 1.25. The first-order chi connectivity index (χ1) is 12.0. The number of aryl methyl sites for hydroxylation is 2. The fraction of sp³-hybridized carbons (Fsp3) is 0.250. The minimum absolute atomic E-state index is 0.0550. The molecule has 0 atom stereocenters. The van der Waals surface area contributed by atoms with Crippen LogP contribution in [0.25, 0.3) is 0 Å². The van der Waals surface area contributed by atoms with Gasteiger partial charge in [0.05, 0.1) is 0 Å². The van der Waals surface area contributed by atoms with Gasteiger partial charge in [0, 0.05) is 0 Å². The monoisotopic (exact) mass is 402 g/mol. The average Bonchev–Trinajstić information content (AvgIpc) is 2.52. The molecule has 0 fully saturated rings. The molecule has 2 aromatic carbocycles. The minimum Gasteiger partial charge on any atom is -0.489 e. The van der Waals surface area contributed by atoms with Gasteiger partial charge in [-0.05, 0) is 49.2 Å². The maximum absolute atomic E-state index is 11.4. The molecule has 0 saturated heterocycles. The van der Waals surface area contributed by atoms with E-state index in [1.165, 1.54) is 24.3 Å². The van der Waals surface area contributed by atoms with Gasteiger partial charge in [0.25, 0.3) is 20.2 Å². The van der Waals surface area contributed by atoms with E-state index < -0.39 is 20.2 Å². The zero-order valence-corrected chi connectivity index (χ0v) is 15.7. The molecule has 8 nitrogen and oxygen atoms in total. The van der Waals surface area contributed by atoms with Crippen molar-refractivity contribution in [3.05, 3.63) is 47.5 Å². The van der Waals surface area contributed by atoms with Crippen LogP contribution in [0.1, 0.15) is 11.1 Å². The summed E-state index contributed by atoms with van der Waals surface area (Å²) in [6.45, 7) is 3.08. The standard InChI is InChI=1S/C16H18O8S2/c1-11-3-5-13(15(9-11)25(17,18)19)23-7-8-24-14-6-4-12(2)10-16(14)26(20,21)22/h3-6,9-10H,7-8H2,1-2H3,(H,17,18,19)(H,20,21,22). The maximum Gasteiger partial charge on any atom is 0.298 e. The van der Waals surface area contributed by atoms with E-state index >= 15 is 0 Å². The second-order valence-corrected chi connectivity index (χ2v) is 8.33. The topological polar surface area (TPSA) is 127 Å². The lowest BCUT2D eigenvalue weighted by molar-refractivity contribution is 0.209. The second-order valence-electron chi connectivity index (χ2n) is 5.55. The van der Waals surface area contributed by atoms with Crippen LogP contribution in [-0.4, -0.2) is 39.2 Å². The van der Waals surface area contributed by atoms with Crippen LogP contribution in [0.5, 0.6) is 11.5 Å². The largest absolute Gasteiger partial charge is 0.489 e. The molecule has 0 saturated carbocycles. The molecule has 0 aliphatic heterocycles. The summed E-state index contributed by atoms with van der Waals surface area (Å²) >= 11 is 0. The van der Waals surface area contributed by atoms with E-state index in [2.05, 4.69) is 0 Å². The first-order valence-electron chi connectivity index (χ1n) is 7.40. The number of benzene rings is 2. The van der Waals surface area contributed by atoms with Gasteiger partial charge >= 0.3 is 0 Å². The molecule has 2 N–H and O–H groups in total. The Balaban J connectivity index is 2.10. The van der Waals surface area contributed by atoms with Crippen molar-refractivity contribution < 1.29 is 35.4 Å². The van der Waals surface area contributed by atoms with Gasteiger partial charge in [-0.2, -0.15) is 16.8 Å². The third-order valence-corrected chi connectivity index (χ3v) is 5.10. The molecule has 2 aromatic rings. The highest BCUT2D eigenvalue weighted by atomic mass is 32.2. The van der Waals surface area contributed by atoms with Gasteiger partial charge in [0.2, 0.25) is 0 Å². The summed E-state index contributed by atoms with van der Waals surface area (Å²) in [5, 5.41) is 0. The molecule has 10 heteroatoms. The molecule has 2 rings (SSSR count). The summed E-state index contributed by atoms with van der Waals surface area (Å²) in [6.07, 6.45) is 0. The summed E-state index contributed by atoms with van der Waals surface area (Å²) in [5.74, 6) is -0.110. The molecular weight excluding hydrogens is 384 g/mol. The molecule has 0 amide bonds. The lowest BCUT2D eigenvalue weighted by Crippen LogP contribution is -2.13. The maximum atomic E-state index is 11.4. The predicted molar refractivity (Wildman–Crippen MR) is 93.0 cm³/mol. The molecule has 0 aromatic heterocycles. The smallest absolute Gasteiger partial charge is 0.298 e. The Hall–Kier alpha value is -2.14. The van der Waals surface area contributed by atoms with E-state index in [4.69, 9.17) is 9.47 Å². The Morgan fingerprint density at radius 3 is 1.38 bits per heavy atom. The van der Waals surface area contributed by atoms with Gasteiger partial charge in [-0.1, -0.05) is 12.1 Å². The van der Waals surface area contributed by atoms with Gasteiger partial charge in [0.15, 0.2) is 0 Å². The van der Waals surface area contributed by atoms with Crippen LogP contribution in [0, 0.1) is 13.8 Å². The fourth-order valence-electron chi connectivity index (χ4n) is 2.18. The highest BCUT2D eigenvalue weighted by Gasteiger charge is 2.18. The highest BCUT2D eigenvalue weighted by Crippen LogP contribution is 2.26. The molecule has 0 spiro atoms. The van der Waals surface area contributed by atoms with Gasteiger partial charge in [0.1, 0.15) is 34.5 Å². The zero-order chi connectivity index (χ0) is 19.5. The Labute approximate surface area is 151 Å². The first kappa shape index (κ1) is 20.2. The Morgan fingerprint density at radius 1 is 0.731 bits per heavy atom. The SMILES string of the molecule is Cc1ccc(OCCOc2ccc(C)cc2S(=O)(=O)O)c(S(=O)(=O)O)c1. The average molecular weight is 402 g/mol. The summed E-state index contributed by atoms with van der Waals surface area (Å²) in [7, 11) is -8.91. The molecular formula is C16H18O8S2. The van der Waals surface area contributed by atoms with Crippen molar-refractivity contribution in [2.75, 3.05) is 13.2 Å². The van der Waals surface area contributed by atoms with Crippen LogP contribution in [-0.2, 0) is 20.2 Å². The van der Waals surface area contributed by atoms with Crippen molar-refractivity contribution in [3.63, 3.8) is 0 Å². The van der Waals surface area contributed by atoms with E-state index in [-0.39, 0.29) is 34.5 Å². The van der Waals surface area contributed by atoms with E-state index in [1.807, 2.05) is 0 Å². The van der Waals surface area contributed by atoms with Gasteiger partial charge in [-0.3, -0.25) is 9.11 Å². The molecule has 0 heterocycles. The van der Waals surface area contributed by atoms with Crippen molar-refractivity contribution >= 4 is 20.2 Å². The third kappa shape index (κ3) is 5.18. The van der Waals surface area contributed by atoms with Crippen molar-refractivity contribution in [1.82, 2.24) is 0 Å². The normalized spacial score (nSPS) is 12.0. The first-order valence-corrected chi connectivity index (χ1v) is 10.3. The van der Waals surface area contributed by atoms with Crippen LogP contribution < -0.4 is 9.47 Å². The number of hydrogen-bond acceptors (Lipinski definition) is 6. The Morgan fingerprint density at radius 2 is 1.08 bits per heavy atom. The van der Waals surface area contributed by atoms with Crippen LogP contribution in [0.4, 0.5) is 0 Å². The molecule has 142 valence electrons. The van der Waals surface area contributed by atoms with Crippen molar-refractivity contribution in [1.29, 1.82) is 0 Å². The minimum atomic E-state index is -4.45. The van der Waals surface area contributed by atoms with Crippen LogP contribution in [0.15, 0.2) is 46.2 Å². The Bertz CT molecular complexity index is 927. The summed E-state index contributed by atoms with van der Waals surface area (Å²) < 4.78 is 74.7. The van der Waals surface area contributed by atoms with Crippen molar-refractivity contribution in [2.45, 2.75) is 23.6 Å². The lowest BCUT2D eigenvalue weighted by atomic mass is 10.2. The van der Waals surface area contributed by atoms with Crippen LogP contribution in [0.3, 0.4) is 0 Å². The highest BCUT2D eigenvalue weighted by molar-refractivity contribution is 7.86. The van der Waals surface area contributed by atoms with E-state index in [1.54, 1.807) is 26.0 Å². The number of rotatable bonds is 7. The second kappa shape index (κ2) is 7.62. The quantitative estimate of drug-likeness (QED) is 0.533. The van der Waals surface area contributed by atoms with Crippen LogP contribution in [0.2, 0.25) is 0 Å². The Kier molecular flexibility index (Phi) is 5.91.